The van der Waals surface area contributed by atoms with Crippen LogP contribution in [0.2, 0.25) is 0 Å². The van der Waals surface area contributed by atoms with Crippen LogP contribution < -0.4 is 16.8 Å². The van der Waals surface area contributed by atoms with Gasteiger partial charge < -0.3 is 21.9 Å². The van der Waals surface area contributed by atoms with Gasteiger partial charge in [-0.1, -0.05) is 18.2 Å². The highest BCUT2D eigenvalue weighted by Gasteiger charge is 2.15. The Morgan fingerprint density at radius 1 is 1.35 bits per heavy atom. The highest BCUT2D eigenvalue weighted by Crippen LogP contribution is 2.19. The number of aliphatic hydroxyl groups excluding tert-OH is 1. The fraction of sp³-hybridized carbons (Fsp3) is 0.154. The van der Waals surface area contributed by atoms with Crippen molar-refractivity contribution < 1.29 is 14.7 Å². The molecule has 20 heavy (non-hydrogen) atoms. The van der Waals surface area contributed by atoms with Crippen molar-refractivity contribution in [1.82, 2.24) is 10.3 Å². The predicted molar refractivity (Wildman–Crippen MR) is 73.7 cm³/mol. The average molecular weight is 274 g/mol. The molecular weight excluding hydrogens is 260 g/mol. The topological polar surface area (TPSA) is 131 Å². The molecule has 1 unspecified atom stereocenters. The Hall–Kier alpha value is -2.67. The molecule has 0 spiro atoms. The van der Waals surface area contributed by atoms with Crippen molar-refractivity contribution in [2.24, 2.45) is 5.73 Å². The third kappa shape index (κ3) is 2.83. The van der Waals surface area contributed by atoms with E-state index in [0.29, 0.717) is 11.2 Å². The number of rotatable bonds is 4. The second-order valence-corrected chi connectivity index (χ2v) is 4.24. The van der Waals surface area contributed by atoms with E-state index in [-0.39, 0.29) is 12.2 Å². The standard InChI is InChI=1S/C13H14N4O3/c14-8-5-10(13(20)16-6-11(18)12(15)19)17-9-4-2-1-3-7(8)9/h1-5,11,18H,6H2,(H2,14,17)(H2,15,19)(H,16,20). The molecule has 2 amide bonds. The maximum Gasteiger partial charge on any atom is 0.270 e. The van der Waals surface area contributed by atoms with Crippen LogP contribution in [-0.2, 0) is 4.79 Å². The third-order valence-electron chi connectivity index (χ3n) is 2.77. The average Bonchev–Trinajstić information content (AvgIpc) is 2.44. The van der Waals surface area contributed by atoms with Crippen LogP contribution in [0.25, 0.3) is 10.9 Å². The van der Waals surface area contributed by atoms with Gasteiger partial charge in [0.25, 0.3) is 5.91 Å². The number of benzene rings is 1. The Balaban J connectivity index is 2.20. The number of nitrogen functional groups attached to an aromatic ring is 1. The van der Waals surface area contributed by atoms with Gasteiger partial charge in [0.2, 0.25) is 5.91 Å². The van der Waals surface area contributed by atoms with Crippen LogP contribution in [0.15, 0.2) is 30.3 Å². The number of para-hydroxylation sites is 1. The van der Waals surface area contributed by atoms with E-state index < -0.39 is 17.9 Å². The van der Waals surface area contributed by atoms with E-state index >= 15 is 0 Å². The number of carbonyl (C=O) groups excluding carboxylic acids is 2. The highest BCUT2D eigenvalue weighted by atomic mass is 16.3. The number of nitrogens with zero attached hydrogens (tertiary/aromatic N) is 1. The third-order valence-corrected chi connectivity index (χ3v) is 2.77. The summed E-state index contributed by atoms with van der Waals surface area (Å²) in [5.41, 5.74) is 11.9. The van der Waals surface area contributed by atoms with E-state index in [0.717, 1.165) is 5.39 Å². The molecule has 1 atom stereocenters. The number of hydrogen-bond donors (Lipinski definition) is 4. The maximum absolute atomic E-state index is 11.9. The summed E-state index contributed by atoms with van der Waals surface area (Å²) >= 11 is 0. The Bertz CT molecular complexity index is 672. The van der Waals surface area contributed by atoms with Gasteiger partial charge in [0.15, 0.2) is 0 Å². The number of nitrogens with two attached hydrogens (primary N) is 2. The first-order valence-corrected chi connectivity index (χ1v) is 5.90. The van der Waals surface area contributed by atoms with Crippen molar-refractivity contribution in [3.63, 3.8) is 0 Å². The van der Waals surface area contributed by atoms with Crippen molar-refractivity contribution in [1.29, 1.82) is 0 Å². The number of fused-ring (bicyclic) bond motifs is 1. The first-order chi connectivity index (χ1) is 9.49. The lowest BCUT2D eigenvalue weighted by atomic mass is 10.1. The summed E-state index contributed by atoms with van der Waals surface area (Å²) in [7, 11) is 0. The van der Waals surface area contributed by atoms with Crippen LogP contribution in [0.3, 0.4) is 0 Å². The number of amides is 2. The van der Waals surface area contributed by atoms with Crippen LogP contribution in [0.5, 0.6) is 0 Å². The smallest absolute Gasteiger partial charge is 0.270 e. The number of aliphatic hydroxyl groups is 1. The first kappa shape index (κ1) is 13.8. The van der Waals surface area contributed by atoms with Gasteiger partial charge in [0.05, 0.1) is 12.1 Å². The molecule has 6 N–H and O–H groups in total. The minimum absolute atomic E-state index is 0.109. The maximum atomic E-state index is 11.9. The summed E-state index contributed by atoms with van der Waals surface area (Å²) in [6.07, 6.45) is -1.43. The summed E-state index contributed by atoms with van der Waals surface area (Å²) < 4.78 is 0. The van der Waals surface area contributed by atoms with Crippen molar-refractivity contribution in [2.45, 2.75) is 6.10 Å². The molecule has 2 rings (SSSR count). The predicted octanol–water partition coefficient (Wildman–Crippen LogP) is -0.607. The second kappa shape index (κ2) is 5.54. The molecule has 0 aliphatic rings. The Kier molecular flexibility index (Phi) is 3.81. The van der Waals surface area contributed by atoms with Gasteiger partial charge >= 0.3 is 0 Å². The lowest BCUT2D eigenvalue weighted by Crippen LogP contribution is -2.40. The fourth-order valence-electron chi connectivity index (χ4n) is 1.70. The van der Waals surface area contributed by atoms with E-state index in [9.17, 15) is 14.7 Å². The summed E-state index contributed by atoms with van der Waals surface area (Å²) in [5, 5.41) is 12.3. The molecule has 0 saturated carbocycles. The Labute approximate surface area is 114 Å². The minimum atomic E-state index is -1.43. The first-order valence-electron chi connectivity index (χ1n) is 5.90. The number of nitrogens with one attached hydrogen (secondary N) is 1. The molecule has 1 aromatic carbocycles. The van der Waals surface area contributed by atoms with E-state index in [2.05, 4.69) is 10.3 Å². The minimum Gasteiger partial charge on any atom is -0.398 e. The van der Waals surface area contributed by atoms with Gasteiger partial charge in [-0.2, -0.15) is 0 Å². The van der Waals surface area contributed by atoms with Crippen LogP contribution in [0, 0.1) is 0 Å². The molecule has 0 aliphatic heterocycles. The molecule has 0 bridgehead atoms. The van der Waals surface area contributed by atoms with Crippen molar-refractivity contribution in [3.05, 3.63) is 36.0 Å². The van der Waals surface area contributed by atoms with Crippen molar-refractivity contribution >= 4 is 28.4 Å². The SMILES string of the molecule is NC(=O)C(O)CNC(=O)c1cc(N)c2ccccc2n1. The molecule has 7 nitrogen and oxygen atoms in total. The lowest BCUT2D eigenvalue weighted by Gasteiger charge is -2.09. The van der Waals surface area contributed by atoms with Gasteiger partial charge in [-0.3, -0.25) is 9.59 Å². The number of pyridine rings is 1. The summed E-state index contributed by atoms with van der Waals surface area (Å²) in [5.74, 6) is -1.45. The molecule has 104 valence electrons. The van der Waals surface area contributed by atoms with Crippen molar-refractivity contribution in [2.75, 3.05) is 12.3 Å². The van der Waals surface area contributed by atoms with Gasteiger partial charge in [0.1, 0.15) is 11.8 Å². The number of primary amides is 1. The number of hydrogen-bond acceptors (Lipinski definition) is 5. The van der Waals surface area contributed by atoms with E-state index in [1.807, 2.05) is 6.07 Å². The number of aromatic nitrogens is 1. The van der Waals surface area contributed by atoms with Gasteiger partial charge in [-0.25, -0.2) is 4.98 Å². The van der Waals surface area contributed by atoms with Crippen LogP contribution in [0.4, 0.5) is 5.69 Å². The largest absolute Gasteiger partial charge is 0.398 e. The van der Waals surface area contributed by atoms with Gasteiger partial charge in [0, 0.05) is 11.1 Å². The lowest BCUT2D eigenvalue weighted by molar-refractivity contribution is -0.125. The monoisotopic (exact) mass is 274 g/mol. The normalized spacial score (nSPS) is 12.1. The summed E-state index contributed by atoms with van der Waals surface area (Å²) in [4.78, 5) is 26.7. The van der Waals surface area contributed by atoms with E-state index in [1.165, 1.54) is 6.07 Å². The molecule has 1 heterocycles. The molecule has 1 aromatic heterocycles. The molecule has 0 aliphatic carbocycles. The van der Waals surface area contributed by atoms with E-state index in [4.69, 9.17) is 11.5 Å². The van der Waals surface area contributed by atoms with E-state index in [1.54, 1.807) is 18.2 Å². The highest BCUT2D eigenvalue weighted by molar-refractivity contribution is 5.99. The molecular formula is C13H14N4O3. The summed E-state index contributed by atoms with van der Waals surface area (Å²) in [6, 6.07) is 8.59. The van der Waals surface area contributed by atoms with Gasteiger partial charge in [-0.05, 0) is 12.1 Å². The zero-order valence-corrected chi connectivity index (χ0v) is 10.5. The Morgan fingerprint density at radius 2 is 2.05 bits per heavy atom. The molecule has 0 radical (unpaired) electrons. The molecule has 7 heteroatoms. The van der Waals surface area contributed by atoms with Crippen LogP contribution in [-0.4, -0.2) is 34.6 Å². The summed E-state index contributed by atoms with van der Waals surface area (Å²) in [6.45, 7) is -0.275. The zero-order chi connectivity index (χ0) is 14.7. The van der Waals surface area contributed by atoms with Crippen LogP contribution >= 0.6 is 0 Å². The second-order valence-electron chi connectivity index (χ2n) is 4.24. The number of carbonyl (C=O) groups is 2. The van der Waals surface area contributed by atoms with Crippen molar-refractivity contribution in [3.8, 4) is 0 Å². The fourth-order valence-corrected chi connectivity index (χ4v) is 1.70. The zero-order valence-electron chi connectivity index (χ0n) is 10.5. The Morgan fingerprint density at radius 3 is 2.75 bits per heavy atom. The number of anilines is 1. The molecule has 0 saturated heterocycles. The van der Waals surface area contributed by atoms with Crippen LogP contribution in [0.1, 0.15) is 10.5 Å². The van der Waals surface area contributed by atoms with Gasteiger partial charge in [-0.15, -0.1) is 0 Å². The molecule has 0 fully saturated rings. The molecule has 2 aromatic rings. The quantitative estimate of drug-likeness (QED) is 0.590.